The second-order valence-corrected chi connectivity index (χ2v) is 4.03. The Balaban J connectivity index is 2.43. The highest BCUT2D eigenvalue weighted by molar-refractivity contribution is 6.31. The minimum atomic E-state index is -1.21. The van der Waals surface area contributed by atoms with Gasteiger partial charge in [0.25, 0.3) is 0 Å². The number of hydrogen-bond acceptors (Lipinski definition) is 3. The van der Waals surface area contributed by atoms with Crippen molar-refractivity contribution in [2.24, 2.45) is 0 Å². The van der Waals surface area contributed by atoms with E-state index in [2.05, 4.69) is 9.97 Å². The molecule has 0 aliphatic heterocycles. The summed E-state index contributed by atoms with van der Waals surface area (Å²) in [6.45, 7) is 1.78. The first-order valence-corrected chi connectivity index (χ1v) is 5.38. The Kier molecular flexibility index (Phi) is 3.36. The molecule has 0 aliphatic carbocycles. The number of halogens is 2. The maximum Gasteiger partial charge on any atom is 0.130 e. The summed E-state index contributed by atoms with van der Waals surface area (Å²) < 4.78 is 13.6. The van der Waals surface area contributed by atoms with Crippen LogP contribution in [0.25, 0.3) is 0 Å². The van der Waals surface area contributed by atoms with Gasteiger partial charge in [0.15, 0.2) is 0 Å². The molecule has 2 aromatic rings. The highest BCUT2D eigenvalue weighted by Crippen LogP contribution is 2.29. The van der Waals surface area contributed by atoms with Gasteiger partial charge in [-0.3, -0.25) is 9.97 Å². The van der Waals surface area contributed by atoms with E-state index >= 15 is 0 Å². The SMILES string of the molecule is Cc1cnc(C(O)c2c(F)cccc2Cl)cn1. The number of nitrogens with zero attached hydrogens (tertiary/aromatic N) is 2. The Morgan fingerprint density at radius 3 is 2.65 bits per heavy atom. The van der Waals surface area contributed by atoms with Crippen molar-refractivity contribution in [2.75, 3.05) is 0 Å². The molecular weight excluding hydrogens is 243 g/mol. The lowest BCUT2D eigenvalue weighted by atomic mass is 10.1. The second kappa shape index (κ2) is 4.77. The van der Waals surface area contributed by atoms with Crippen molar-refractivity contribution in [3.63, 3.8) is 0 Å². The van der Waals surface area contributed by atoms with Crippen LogP contribution in [0.4, 0.5) is 4.39 Å². The van der Waals surface area contributed by atoms with Gasteiger partial charge in [-0.2, -0.15) is 0 Å². The molecule has 1 aromatic heterocycles. The van der Waals surface area contributed by atoms with Crippen LogP contribution in [-0.2, 0) is 0 Å². The van der Waals surface area contributed by atoms with E-state index in [1.807, 2.05) is 0 Å². The Hall–Kier alpha value is -1.52. The molecule has 0 saturated heterocycles. The number of aromatic nitrogens is 2. The highest BCUT2D eigenvalue weighted by atomic mass is 35.5. The topological polar surface area (TPSA) is 46.0 Å². The van der Waals surface area contributed by atoms with E-state index in [-0.39, 0.29) is 16.3 Å². The Bertz CT molecular complexity index is 510. The molecule has 1 heterocycles. The summed E-state index contributed by atoms with van der Waals surface area (Å²) in [5, 5.41) is 10.2. The summed E-state index contributed by atoms with van der Waals surface area (Å²) in [5.74, 6) is -0.563. The lowest BCUT2D eigenvalue weighted by Crippen LogP contribution is -2.06. The predicted molar refractivity (Wildman–Crippen MR) is 62.2 cm³/mol. The van der Waals surface area contributed by atoms with E-state index in [9.17, 15) is 9.50 Å². The Labute approximate surface area is 103 Å². The van der Waals surface area contributed by atoms with Crippen molar-refractivity contribution in [1.29, 1.82) is 0 Å². The van der Waals surface area contributed by atoms with Gasteiger partial charge in [-0.25, -0.2) is 4.39 Å². The van der Waals surface area contributed by atoms with Gasteiger partial charge in [0.1, 0.15) is 11.9 Å². The third-order valence-electron chi connectivity index (χ3n) is 2.35. The van der Waals surface area contributed by atoms with Crippen LogP contribution in [0.3, 0.4) is 0 Å². The molecule has 0 bridgehead atoms. The second-order valence-electron chi connectivity index (χ2n) is 3.62. The molecule has 0 saturated carbocycles. The van der Waals surface area contributed by atoms with Gasteiger partial charge in [-0.1, -0.05) is 17.7 Å². The van der Waals surface area contributed by atoms with Crippen LogP contribution in [0.2, 0.25) is 5.02 Å². The molecule has 88 valence electrons. The zero-order chi connectivity index (χ0) is 12.4. The number of rotatable bonds is 2. The van der Waals surface area contributed by atoms with Crippen molar-refractivity contribution in [3.05, 3.63) is 58.4 Å². The van der Waals surface area contributed by atoms with Crippen molar-refractivity contribution in [2.45, 2.75) is 13.0 Å². The molecular formula is C12H10ClFN2O. The molecule has 1 N–H and O–H groups in total. The summed E-state index contributed by atoms with van der Waals surface area (Å²) >= 11 is 5.86. The minimum absolute atomic E-state index is 0.0207. The van der Waals surface area contributed by atoms with E-state index in [0.717, 1.165) is 5.69 Å². The molecule has 0 amide bonds. The average molecular weight is 253 g/mol. The van der Waals surface area contributed by atoms with Crippen molar-refractivity contribution in [3.8, 4) is 0 Å². The number of aliphatic hydroxyl groups excluding tert-OH is 1. The van der Waals surface area contributed by atoms with Gasteiger partial charge in [0, 0.05) is 16.8 Å². The standard InChI is InChI=1S/C12H10ClFN2O/c1-7-5-16-10(6-15-7)12(17)11-8(13)3-2-4-9(11)14/h2-6,12,17H,1H3. The molecule has 17 heavy (non-hydrogen) atoms. The van der Waals surface area contributed by atoms with E-state index in [1.54, 1.807) is 6.92 Å². The zero-order valence-electron chi connectivity index (χ0n) is 9.06. The van der Waals surface area contributed by atoms with Crippen LogP contribution in [0.15, 0.2) is 30.6 Å². The van der Waals surface area contributed by atoms with Crippen molar-refractivity contribution >= 4 is 11.6 Å². The maximum atomic E-state index is 13.6. The fourth-order valence-electron chi connectivity index (χ4n) is 1.46. The largest absolute Gasteiger partial charge is 0.382 e. The molecule has 0 radical (unpaired) electrons. The maximum absolute atomic E-state index is 13.6. The summed E-state index contributed by atoms with van der Waals surface area (Å²) in [7, 11) is 0. The van der Waals surface area contributed by atoms with Gasteiger partial charge >= 0.3 is 0 Å². The van der Waals surface area contributed by atoms with Crippen LogP contribution in [-0.4, -0.2) is 15.1 Å². The number of aliphatic hydroxyl groups is 1. The molecule has 0 spiro atoms. The van der Waals surface area contributed by atoms with E-state index in [4.69, 9.17) is 11.6 Å². The fourth-order valence-corrected chi connectivity index (χ4v) is 1.73. The quantitative estimate of drug-likeness (QED) is 0.894. The smallest absolute Gasteiger partial charge is 0.130 e. The third kappa shape index (κ3) is 2.43. The molecule has 0 fully saturated rings. The summed E-state index contributed by atoms with van der Waals surface area (Å²) in [6.07, 6.45) is 1.70. The first-order valence-electron chi connectivity index (χ1n) is 5.00. The first-order chi connectivity index (χ1) is 8.09. The lowest BCUT2D eigenvalue weighted by Gasteiger charge is -2.12. The van der Waals surface area contributed by atoms with Gasteiger partial charge in [0.05, 0.1) is 17.6 Å². The normalized spacial score (nSPS) is 12.5. The van der Waals surface area contributed by atoms with Crippen molar-refractivity contribution < 1.29 is 9.50 Å². The minimum Gasteiger partial charge on any atom is -0.382 e. The van der Waals surface area contributed by atoms with E-state index in [1.165, 1.54) is 30.6 Å². The highest BCUT2D eigenvalue weighted by Gasteiger charge is 2.19. The molecule has 3 nitrogen and oxygen atoms in total. The van der Waals surface area contributed by atoms with Gasteiger partial charge in [-0.15, -0.1) is 0 Å². The van der Waals surface area contributed by atoms with Gasteiger partial charge in [-0.05, 0) is 19.1 Å². The van der Waals surface area contributed by atoms with E-state index < -0.39 is 11.9 Å². The number of aryl methyl sites for hydroxylation is 1. The first kappa shape index (κ1) is 12.0. The third-order valence-corrected chi connectivity index (χ3v) is 2.68. The molecule has 1 aromatic carbocycles. The number of benzene rings is 1. The summed E-state index contributed by atoms with van der Waals surface area (Å²) in [5.41, 5.74) is 1.01. The lowest BCUT2D eigenvalue weighted by molar-refractivity contribution is 0.209. The van der Waals surface area contributed by atoms with Crippen LogP contribution in [0, 0.1) is 12.7 Å². The molecule has 1 atom stereocenters. The van der Waals surface area contributed by atoms with Gasteiger partial charge in [0.2, 0.25) is 0 Å². The molecule has 0 aliphatic rings. The predicted octanol–water partition coefficient (Wildman–Crippen LogP) is 2.66. The monoisotopic (exact) mass is 252 g/mol. The van der Waals surface area contributed by atoms with E-state index in [0.29, 0.717) is 0 Å². The van der Waals surface area contributed by atoms with Crippen molar-refractivity contribution in [1.82, 2.24) is 9.97 Å². The molecule has 5 heteroatoms. The summed E-state index contributed by atoms with van der Waals surface area (Å²) in [4.78, 5) is 8.00. The van der Waals surface area contributed by atoms with Crippen LogP contribution < -0.4 is 0 Å². The Morgan fingerprint density at radius 1 is 1.29 bits per heavy atom. The number of hydrogen-bond donors (Lipinski definition) is 1. The summed E-state index contributed by atoms with van der Waals surface area (Å²) in [6, 6.07) is 4.24. The fraction of sp³-hybridized carbons (Fsp3) is 0.167. The van der Waals surface area contributed by atoms with Gasteiger partial charge < -0.3 is 5.11 Å². The average Bonchev–Trinajstić information content (AvgIpc) is 2.29. The zero-order valence-corrected chi connectivity index (χ0v) is 9.82. The molecule has 1 unspecified atom stereocenters. The van der Waals surface area contributed by atoms with Crippen LogP contribution >= 0.6 is 11.6 Å². The van der Waals surface area contributed by atoms with Crippen LogP contribution in [0.1, 0.15) is 23.1 Å². The Morgan fingerprint density at radius 2 is 2.06 bits per heavy atom. The molecule has 2 rings (SSSR count). The van der Waals surface area contributed by atoms with Crippen LogP contribution in [0.5, 0.6) is 0 Å².